The van der Waals surface area contributed by atoms with Crippen LogP contribution < -0.4 is 5.73 Å². The maximum Gasteiger partial charge on any atom is 0.188 e. The first-order chi connectivity index (χ1) is 9.72. The predicted molar refractivity (Wildman–Crippen MR) is 73.8 cm³/mol. The van der Waals surface area contributed by atoms with Crippen molar-refractivity contribution in [3.05, 3.63) is 5.82 Å². The predicted octanol–water partition coefficient (Wildman–Crippen LogP) is 0.0709. The summed E-state index contributed by atoms with van der Waals surface area (Å²) in [5.41, 5.74) is 6.10. The smallest absolute Gasteiger partial charge is 0.188 e. The minimum absolute atomic E-state index is 0.260. The van der Waals surface area contributed by atoms with Crippen LogP contribution in [0.5, 0.6) is 0 Å². The van der Waals surface area contributed by atoms with E-state index in [2.05, 4.69) is 20.3 Å². The highest BCUT2D eigenvalue weighted by Crippen LogP contribution is 2.27. The van der Waals surface area contributed by atoms with Crippen molar-refractivity contribution in [2.75, 3.05) is 13.2 Å². The minimum atomic E-state index is 0.260. The Morgan fingerprint density at radius 3 is 3.00 bits per heavy atom. The fraction of sp³-hybridized carbons (Fsp3) is 0.923. The lowest BCUT2D eigenvalue weighted by Crippen LogP contribution is -2.51. The van der Waals surface area contributed by atoms with E-state index in [1.54, 1.807) is 7.05 Å². The molecule has 3 heterocycles. The molecule has 2 saturated heterocycles. The van der Waals surface area contributed by atoms with Crippen LogP contribution in [0.25, 0.3) is 0 Å². The molecule has 2 aliphatic heterocycles. The third-order valence-electron chi connectivity index (χ3n) is 4.34. The molecule has 0 amide bonds. The van der Waals surface area contributed by atoms with Gasteiger partial charge in [0.2, 0.25) is 0 Å². The monoisotopic (exact) mass is 280 g/mol. The molecule has 20 heavy (non-hydrogen) atoms. The van der Waals surface area contributed by atoms with Gasteiger partial charge in [-0.05, 0) is 37.4 Å². The number of piperidine rings is 1. The normalized spacial score (nSPS) is 32.4. The zero-order chi connectivity index (χ0) is 13.9. The van der Waals surface area contributed by atoms with Crippen LogP contribution in [0, 0.1) is 0 Å². The number of nitrogens with zero attached hydrogens (tertiary/aromatic N) is 5. The third kappa shape index (κ3) is 3.16. The molecule has 1 aromatic rings. The fourth-order valence-electron chi connectivity index (χ4n) is 3.33. The van der Waals surface area contributed by atoms with Gasteiger partial charge in [-0.15, -0.1) is 10.2 Å². The molecule has 2 aliphatic rings. The zero-order valence-corrected chi connectivity index (χ0v) is 12.1. The van der Waals surface area contributed by atoms with Crippen LogP contribution in [0.15, 0.2) is 0 Å². The molecule has 0 aromatic carbocycles. The van der Waals surface area contributed by atoms with E-state index in [9.17, 15) is 0 Å². The summed E-state index contributed by atoms with van der Waals surface area (Å²) in [6.45, 7) is 2.63. The van der Waals surface area contributed by atoms with Crippen LogP contribution >= 0.6 is 0 Å². The van der Waals surface area contributed by atoms with Gasteiger partial charge in [0.05, 0.1) is 19.7 Å². The van der Waals surface area contributed by atoms with Gasteiger partial charge in [0, 0.05) is 18.7 Å². The van der Waals surface area contributed by atoms with E-state index < -0.39 is 0 Å². The number of aryl methyl sites for hydroxylation is 1. The van der Waals surface area contributed by atoms with E-state index in [0.29, 0.717) is 6.04 Å². The first-order valence-electron chi connectivity index (χ1n) is 7.56. The number of hydrogen-bond donors (Lipinski definition) is 1. The lowest BCUT2D eigenvalue weighted by Gasteiger charge is -2.42. The zero-order valence-electron chi connectivity index (χ0n) is 12.1. The van der Waals surface area contributed by atoms with E-state index >= 15 is 0 Å². The highest BCUT2D eigenvalue weighted by Gasteiger charge is 2.34. The molecule has 1 aromatic heterocycles. The Labute approximate surface area is 119 Å². The summed E-state index contributed by atoms with van der Waals surface area (Å²) >= 11 is 0. The van der Waals surface area contributed by atoms with Crippen LogP contribution in [-0.2, 0) is 18.3 Å². The van der Waals surface area contributed by atoms with Gasteiger partial charge < -0.3 is 10.5 Å². The van der Waals surface area contributed by atoms with Crippen LogP contribution in [-0.4, -0.2) is 56.4 Å². The molecule has 0 spiro atoms. The first-order valence-corrected chi connectivity index (χ1v) is 7.56. The lowest BCUT2D eigenvalue weighted by molar-refractivity contribution is -0.0607. The quantitative estimate of drug-likeness (QED) is 0.844. The topological polar surface area (TPSA) is 82.1 Å². The average Bonchev–Trinajstić information content (AvgIpc) is 2.85. The third-order valence-corrected chi connectivity index (χ3v) is 4.34. The fourth-order valence-corrected chi connectivity index (χ4v) is 3.33. The number of nitrogens with two attached hydrogens (primary N) is 1. The average molecular weight is 280 g/mol. The van der Waals surface area contributed by atoms with E-state index in [1.165, 1.54) is 24.1 Å². The Hall–Kier alpha value is -1.05. The Morgan fingerprint density at radius 1 is 1.35 bits per heavy atom. The van der Waals surface area contributed by atoms with Gasteiger partial charge in [0.15, 0.2) is 5.82 Å². The number of aromatic nitrogens is 4. The molecule has 3 unspecified atom stereocenters. The highest BCUT2D eigenvalue weighted by atomic mass is 16.5. The number of hydrogen-bond acceptors (Lipinski definition) is 6. The van der Waals surface area contributed by atoms with Crippen molar-refractivity contribution in [2.45, 2.75) is 56.8 Å². The standard InChI is InChI=1S/C13H24N6O/c1-18-16-13(15-17-18)9-19-6-3-2-4-11(19)12-8-10(14)5-7-20-12/h10-12H,2-9,14H2,1H3. The summed E-state index contributed by atoms with van der Waals surface area (Å²) in [5, 5.41) is 12.3. The van der Waals surface area contributed by atoms with Crippen molar-refractivity contribution in [3.63, 3.8) is 0 Å². The van der Waals surface area contributed by atoms with Crippen molar-refractivity contribution in [1.82, 2.24) is 25.1 Å². The summed E-state index contributed by atoms with van der Waals surface area (Å²) < 4.78 is 5.98. The second kappa shape index (κ2) is 6.15. The summed E-state index contributed by atoms with van der Waals surface area (Å²) in [5.74, 6) is 0.791. The molecule has 112 valence electrons. The molecule has 3 atom stereocenters. The first kappa shape index (κ1) is 13.9. The molecule has 0 saturated carbocycles. The number of rotatable bonds is 3. The molecule has 3 rings (SSSR count). The molecular weight excluding hydrogens is 256 g/mol. The Morgan fingerprint density at radius 2 is 2.25 bits per heavy atom. The van der Waals surface area contributed by atoms with Crippen molar-refractivity contribution in [1.29, 1.82) is 0 Å². The summed E-state index contributed by atoms with van der Waals surface area (Å²) in [6, 6.07) is 0.728. The second-order valence-corrected chi connectivity index (χ2v) is 5.92. The Bertz CT molecular complexity index is 436. The molecule has 0 bridgehead atoms. The van der Waals surface area contributed by atoms with E-state index in [-0.39, 0.29) is 12.1 Å². The van der Waals surface area contributed by atoms with Crippen LogP contribution in [0.4, 0.5) is 0 Å². The van der Waals surface area contributed by atoms with Crippen LogP contribution in [0.2, 0.25) is 0 Å². The van der Waals surface area contributed by atoms with E-state index in [4.69, 9.17) is 10.5 Å². The van der Waals surface area contributed by atoms with Crippen LogP contribution in [0.3, 0.4) is 0 Å². The molecule has 0 aliphatic carbocycles. The van der Waals surface area contributed by atoms with Gasteiger partial charge in [0.25, 0.3) is 0 Å². The largest absolute Gasteiger partial charge is 0.376 e. The molecule has 2 N–H and O–H groups in total. The molecule has 7 nitrogen and oxygen atoms in total. The number of tetrazole rings is 1. The maximum absolute atomic E-state index is 6.10. The van der Waals surface area contributed by atoms with Gasteiger partial charge in [-0.2, -0.15) is 4.80 Å². The summed E-state index contributed by atoms with van der Waals surface area (Å²) in [7, 11) is 1.80. The Balaban J connectivity index is 1.67. The number of ether oxygens (including phenoxy) is 1. The van der Waals surface area contributed by atoms with Crippen LogP contribution in [0.1, 0.15) is 37.9 Å². The maximum atomic E-state index is 6.10. The number of likely N-dealkylation sites (tertiary alicyclic amines) is 1. The van der Waals surface area contributed by atoms with Crippen molar-refractivity contribution >= 4 is 0 Å². The van der Waals surface area contributed by atoms with Gasteiger partial charge in [0.1, 0.15) is 0 Å². The van der Waals surface area contributed by atoms with E-state index in [0.717, 1.165) is 38.4 Å². The van der Waals surface area contributed by atoms with Crippen molar-refractivity contribution in [2.24, 2.45) is 12.8 Å². The highest BCUT2D eigenvalue weighted by molar-refractivity contribution is 4.90. The molecule has 0 radical (unpaired) electrons. The Kier molecular flexibility index (Phi) is 4.28. The molecule has 2 fully saturated rings. The SMILES string of the molecule is Cn1nnc(CN2CCCCC2C2CC(N)CCO2)n1. The van der Waals surface area contributed by atoms with Gasteiger partial charge >= 0.3 is 0 Å². The summed E-state index contributed by atoms with van der Waals surface area (Å²) in [4.78, 5) is 3.96. The van der Waals surface area contributed by atoms with Crippen molar-refractivity contribution in [3.8, 4) is 0 Å². The molecule has 7 heteroatoms. The second-order valence-electron chi connectivity index (χ2n) is 5.92. The van der Waals surface area contributed by atoms with Gasteiger partial charge in [-0.3, -0.25) is 4.90 Å². The summed E-state index contributed by atoms with van der Waals surface area (Å²) in [6.07, 6.45) is 5.89. The minimum Gasteiger partial charge on any atom is -0.376 e. The van der Waals surface area contributed by atoms with Gasteiger partial charge in [-0.25, -0.2) is 0 Å². The van der Waals surface area contributed by atoms with E-state index in [1.807, 2.05) is 0 Å². The van der Waals surface area contributed by atoms with Gasteiger partial charge in [-0.1, -0.05) is 6.42 Å². The molecular formula is C13H24N6O. The van der Waals surface area contributed by atoms with Crippen molar-refractivity contribution < 1.29 is 4.74 Å². The lowest BCUT2D eigenvalue weighted by atomic mass is 9.91.